The smallest absolute Gasteiger partial charge is 0.318 e. The van der Waals surface area contributed by atoms with Crippen LogP contribution in [-0.4, -0.2) is 45.1 Å². The number of carbonyl (C=O) groups excluding carboxylic acids is 2. The van der Waals surface area contributed by atoms with Gasteiger partial charge in [0.1, 0.15) is 11.5 Å². The predicted octanol–water partition coefficient (Wildman–Crippen LogP) is 3.01. The average molecular weight is 454 g/mol. The Balaban J connectivity index is 1.35. The van der Waals surface area contributed by atoms with Crippen molar-refractivity contribution in [1.82, 2.24) is 20.0 Å². The molecule has 1 aliphatic heterocycles. The van der Waals surface area contributed by atoms with E-state index < -0.39 is 29.5 Å². The number of aromatic nitrogens is 2. The maximum Gasteiger partial charge on any atom is 0.318 e. The molecule has 3 aliphatic rings. The number of benzene rings is 1. The summed E-state index contributed by atoms with van der Waals surface area (Å²) in [5.74, 6) is -5.17. The van der Waals surface area contributed by atoms with Gasteiger partial charge in [0.05, 0.1) is 29.4 Å². The molecule has 5 rings (SSSR count). The molecule has 11 heteroatoms. The van der Waals surface area contributed by atoms with Crippen LogP contribution in [0.2, 0.25) is 5.02 Å². The summed E-state index contributed by atoms with van der Waals surface area (Å²) in [7, 11) is 0. The first-order valence-electron chi connectivity index (χ1n) is 9.95. The molecule has 7 nitrogen and oxygen atoms in total. The number of carbonyl (C=O) groups is 2. The number of hydrogen-bond donors (Lipinski definition) is 2. The maximum atomic E-state index is 13.5. The molecule has 1 aromatic heterocycles. The fourth-order valence-corrected chi connectivity index (χ4v) is 4.97. The Morgan fingerprint density at radius 1 is 1.23 bits per heavy atom. The highest BCUT2D eigenvalue weighted by molar-refractivity contribution is 6.31. The van der Waals surface area contributed by atoms with Gasteiger partial charge in [0.15, 0.2) is 0 Å². The summed E-state index contributed by atoms with van der Waals surface area (Å²) in [4.78, 5) is 26.4. The largest absolute Gasteiger partial charge is 0.365 e. The summed E-state index contributed by atoms with van der Waals surface area (Å²) in [5, 5.41) is 7.15. The van der Waals surface area contributed by atoms with Gasteiger partial charge in [-0.25, -0.2) is 18.0 Å². The molecule has 3 atom stereocenters. The number of amides is 3. The third-order valence-corrected chi connectivity index (χ3v) is 6.77. The van der Waals surface area contributed by atoms with Crippen molar-refractivity contribution < 1.29 is 22.8 Å². The van der Waals surface area contributed by atoms with Gasteiger partial charge in [-0.05, 0) is 31.0 Å². The van der Waals surface area contributed by atoms with E-state index in [4.69, 9.17) is 17.3 Å². The minimum atomic E-state index is -2.59. The number of halogens is 4. The van der Waals surface area contributed by atoms with E-state index in [-0.39, 0.29) is 47.7 Å². The lowest BCUT2D eigenvalue weighted by Crippen LogP contribution is -2.48. The average Bonchev–Trinajstić information content (AvgIpc) is 3.11. The SMILES string of the molecule is NC(=O)c1c(-c2ccc(F)c(Cl)c2)nn2c1CN(C(=O)NC1C[C@@H]3[C@H](C1)C3(F)F)CC2. The van der Waals surface area contributed by atoms with Gasteiger partial charge >= 0.3 is 6.03 Å². The minimum Gasteiger partial charge on any atom is -0.365 e. The van der Waals surface area contributed by atoms with E-state index in [9.17, 15) is 22.8 Å². The summed E-state index contributed by atoms with van der Waals surface area (Å²) in [6.45, 7) is 0.742. The molecule has 0 bridgehead atoms. The summed E-state index contributed by atoms with van der Waals surface area (Å²) < 4.78 is 41.9. The fourth-order valence-electron chi connectivity index (χ4n) is 4.79. The van der Waals surface area contributed by atoms with Crippen LogP contribution in [0.1, 0.15) is 28.9 Å². The van der Waals surface area contributed by atoms with Crippen LogP contribution in [0.5, 0.6) is 0 Å². The molecule has 3 amide bonds. The molecule has 1 unspecified atom stereocenters. The Hall–Kier alpha value is -2.75. The zero-order valence-electron chi connectivity index (χ0n) is 16.2. The van der Waals surface area contributed by atoms with Crippen LogP contribution in [0.15, 0.2) is 18.2 Å². The molecule has 1 aromatic carbocycles. The molecular formula is C20H19ClF3N5O2. The second-order valence-electron chi connectivity index (χ2n) is 8.31. The van der Waals surface area contributed by atoms with Gasteiger partial charge in [0.2, 0.25) is 0 Å². The van der Waals surface area contributed by atoms with Gasteiger partial charge in [0, 0.05) is 30.0 Å². The molecule has 2 saturated carbocycles. The van der Waals surface area contributed by atoms with Crippen molar-refractivity contribution in [3.05, 3.63) is 40.3 Å². The number of fused-ring (bicyclic) bond motifs is 2. The molecule has 2 aromatic rings. The summed E-state index contributed by atoms with van der Waals surface area (Å²) in [6, 6.07) is 3.35. The number of nitrogens with two attached hydrogens (primary N) is 1. The predicted molar refractivity (Wildman–Crippen MR) is 105 cm³/mol. The summed E-state index contributed by atoms with van der Waals surface area (Å²) in [6.07, 6.45) is 0.550. The lowest BCUT2D eigenvalue weighted by molar-refractivity contribution is 0.0672. The van der Waals surface area contributed by atoms with Gasteiger partial charge in [0.25, 0.3) is 11.8 Å². The molecule has 0 saturated heterocycles. The number of hydrogen-bond acceptors (Lipinski definition) is 3. The zero-order chi connectivity index (χ0) is 22.1. The maximum absolute atomic E-state index is 13.5. The number of rotatable bonds is 3. The van der Waals surface area contributed by atoms with Gasteiger partial charge in [-0.2, -0.15) is 5.10 Å². The Labute approximate surface area is 180 Å². The Morgan fingerprint density at radius 2 is 1.94 bits per heavy atom. The molecule has 3 N–H and O–H groups in total. The number of nitrogens with zero attached hydrogens (tertiary/aromatic N) is 3. The molecule has 2 heterocycles. The standard InChI is InChI=1S/C20H19ClF3N5O2/c21-13-5-9(1-2-14(13)22)17-16(18(25)30)15-8-28(3-4-29(15)27-17)19(31)26-10-6-11-12(7-10)20(11,23)24/h1-2,5,10-12H,3-4,6-8H2,(H2,25,30)(H,26,31)/t10?,11-,12+. The zero-order valence-corrected chi connectivity index (χ0v) is 17.0. The van der Waals surface area contributed by atoms with E-state index in [0.717, 1.165) is 0 Å². The van der Waals surface area contributed by atoms with E-state index >= 15 is 0 Å². The van der Waals surface area contributed by atoms with E-state index in [1.54, 1.807) is 4.68 Å². The lowest BCUT2D eigenvalue weighted by atomic mass is 10.0. The highest BCUT2D eigenvalue weighted by Gasteiger charge is 2.71. The second kappa shape index (κ2) is 6.88. The van der Waals surface area contributed by atoms with Crippen LogP contribution in [-0.2, 0) is 13.1 Å². The lowest BCUT2D eigenvalue weighted by Gasteiger charge is -2.30. The third kappa shape index (κ3) is 3.24. The number of urea groups is 1. The minimum absolute atomic E-state index is 0.0851. The molecular weight excluding hydrogens is 435 g/mol. The molecule has 0 spiro atoms. The first-order valence-corrected chi connectivity index (χ1v) is 10.3. The van der Waals surface area contributed by atoms with Crippen LogP contribution in [0, 0.1) is 17.7 Å². The fraction of sp³-hybridized carbons (Fsp3) is 0.450. The number of alkyl halides is 2. The highest BCUT2D eigenvalue weighted by Crippen LogP contribution is 2.64. The molecule has 31 heavy (non-hydrogen) atoms. The van der Waals surface area contributed by atoms with Crippen molar-refractivity contribution in [2.45, 2.75) is 37.9 Å². The quantitative estimate of drug-likeness (QED) is 0.748. The number of primary amides is 1. The third-order valence-electron chi connectivity index (χ3n) is 6.48. The van der Waals surface area contributed by atoms with E-state index in [0.29, 0.717) is 24.3 Å². The Bertz CT molecular complexity index is 1090. The second-order valence-corrected chi connectivity index (χ2v) is 8.72. The van der Waals surface area contributed by atoms with Crippen molar-refractivity contribution in [3.63, 3.8) is 0 Å². The van der Waals surface area contributed by atoms with Crippen molar-refractivity contribution in [2.75, 3.05) is 6.54 Å². The Morgan fingerprint density at radius 3 is 2.58 bits per heavy atom. The summed E-state index contributed by atoms with van der Waals surface area (Å²) in [5.41, 5.74) is 6.90. The van der Waals surface area contributed by atoms with Gasteiger partial charge in [-0.1, -0.05) is 11.6 Å². The van der Waals surface area contributed by atoms with Crippen molar-refractivity contribution in [2.24, 2.45) is 17.6 Å². The van der Waals surface area contributed by atoms with Gasteiger partial charge in [-0.3, -0.25) is 9.48 Å². The van der Waals surface area contributed by atoms with Crippen molar-refractivity contribution in [3.8, 4) is 11.3 Å². The first-order chi connectivity index (χ1) is 14.7. The van der Waals surface area contributed by atoms with E-state index in [1.807, 2.05) is 0 Å². The molecule has 2 aliphatic carbocycles. The first kappa shape index (κ1) is 20.2. The molecule has 164 valence electrons. The topological polar surface area (TPSA) is 93.2 Å². The van der Waals surface area contributed by atoms with Gasteiger partial charge in [-0.15, -0.1) is 0 Å². The van der Waals surface area contributed by atoms with E-state index in [2.05, 4.69) is 10.4 Å². The Kier molecular flexibility index (Phi) is 4.47. The number of nitrogens with one attached hydrogen (secondary N) is 1. The molecule has 0 radical (unpaired) electrons. The normalized spacial score (nSPS) is 25.7. The summed E-state index contributed by atoms with van der Waals surface area (Å²) >= 11 is 5.87. The molecule has 2 fully saturated rings. The monoisotopic (exact) mass is 453 g/mol. The van der Waals surface area contributed by atoms with Crippen LogP contribution in [0.3, 0.4) is 0 Å². The van der Waals surface area contributed by atoms with Crippen LogP contribution < -0.4 is 11.1 Å². The van der Waals surface area contributed by atoms with Gasteiger partial charge < -0.3 is 16.0 Å². The van der Waals surface area contributed by atoms with Crippen LogP contribution in [0.4, 0.5) is 18.0 Å². The van der Waals surface area contributed by atoms with Crippen LogP contribution >= 0.6 is 11.6 Å². The van der Waals surface area contributed by atoms with Crippen molar-refractivity contribution in [1.29, 1.82) is 0 Å². The highest BCUT2D eigenvalue weighted by atomic mass is 35.5. The van der Waals surface area contributed by atoms with E-state index in [1.165, 1.54) is 23.1 Å². The van der Waals surface area contributed by atoms with Crippen LogP contribution in [0.25, 0.3) is 11.3 Å². The van der Waals surface area contributed by atoms with Crippen molar-refractivity contribution >= 4 is 23.5 Å².